The molecule has 0 spiro atoms. The molecule has 1 saturated heterocycles. The third kappa shape index (κ3) is 6.29. The van der Waals surface area contributed by atoms with E-state index < -0.39 is 45.7 Å². The van der Waals surface area contributed by atoms with Crippen LogP contribution in [0.3, 0.4) is 0 Å². The molecule has 0 N–H and O–H groups in total. The third-order valence-electron chi connectivity index (χ3n) is 5.29. The van der Waals surface area contributed by atoms with Crippen molar-refractivity contribution in [3.63, 3.8) is 0 Å². The zero-order valence-corrected chi connectivity index (χ0v) is 19.6. The Bertz CT molecular complexity index is 1040. The molecule has 0 unspecified atom stereocenters. The number of hydrogen-bond donors (Lipinski definition) is 0. The molecule has 0 aromatic heterocycles. The zero-order chi connectivity index (χ0) is 23.5. The number of likely N-dealkylation sites (tertiary alicyclic amines) is 1. The van der Waals surface area contributed by atoms with E-state index >= 15 is 0 Å². The van der Waals surface area contributed by atoms with Crippen LogP contribution in [0.15, 0.2) is 54.6 Å². The van der Waals surface area contributed by atoms with E-state index in [-0.39, 0.29) is 0 Å². The molecule has 0 bridgehead atoms. The Morgan fingerprint density at radius 3 is 2.34 bits per heavy atom. The number of ether oxygens (including phenoxy) is 1. The van der Waals surface area contributed by atoms with E-state index in [0.717, 1.165) is 11.8 Å². The van der Waals surface area contributed by atoms with Crippen LogP contribution in [-0.4, -0.2) is 50.0 Å². The van der Waals surface area contributed by atoms with Crippen molar-refractivity contribution in [1.29, 1.82) is 0 Å². The van der Waals surface area contributed by atoms with Gasteiger partial charge in [0.15, 0.2) is 0 Å². The summed E-state index contributed by atoms with van der Waals surface area (Å²) in [5.74, 6) is -1.05. The minimum absolute atomic E-state index is 0.424. The fourth-order valence-corrected chi connectivity index (χ4v) is 4.80. The first-order valence-corrected chi connectivity index (χ1v) is 12.4. The Morgan fingerprint density at radius 2 is 1.75 bits per heavy atom. The van der Waals surface area contributed by atoms with Gasteiger partial charge in [-0.05, 0) is 56.9 Å². The number of carbonyl (C=O) groups excluding carboxylic acids is 1. The van der Waals surface area contributed by atoms with Crippen LogP contribution in [0.4, 0.5) is 9.18 Å². The third-order valence-corrected chi connectivity index (χ3v) is 5.86. The maximum atomic E-state index is 14.2. The zero-order valence-electron chi connectivity index (χ0n) is 18.8. The lowest BCUT2D eigenvalue weighted by Crippen LogP contribution is -2.48. The topological polar surface area (TPSA) is 72.9 Å². The van der Waals surface area contributed by atoms with Crippen LogP contribution in [0.2, 0.25) is 0 Å². The lowest BCUT2D eigenvalue weighted by Gasteiger charge is -2.36. The second-order valence-electron chi connectivity index (χ2n) is 9.09. The van der Waals surface area contributed by atoms with Gasteiger partial charge in [0, 0.05) is 12.5 Å². The molecule has 1 amide bonds. The summed E-state index contributed by atoms with van der Waals surface area (Å²) in [7, 11) is -3.89. The van der Waals surface area contributed by atoms with Gasteiger partial charge in [-0.15, -0.1) is 0 Å². The predicted molar refractivity (Wildman–Crippen MR) is 120 cm³/mol. The number of nitrogens with zero attached hydrogens (tertiary/aromatic N) is 1. The molecule has 8 heteroatoms. The molecule has 1 heterocycles. The van der Waals surface area contributed by atoms with E-state index in [1.54, 1.807) is 32.9 Å². The van der Waals surface area contributed by atoms with E-state index in [0.29, 0.717) is 24.9 Å². The van der Waals surface area contributed by atoms with Gasteiger partial charge in [-0.25, -0.2) is 9.18 Å². The Morgan fingerprint density at radius 1 is 1.09 bits per heavy atom. The van der Waals surface area contributed by atoms with Crippen molar-refractivity contribution in [3.8, 4) is 0 Å². The van der Waals surface area contributed by atoms with Crippen LogP contribution in [0.5, 0.6) is 0 Å². The Labute approximate surface area is 189 Å². The van der Waals surface area contributed by atoms with E-state index in [1.807, 2.05) is 30.3 Å². The van der Waals surface area contributed by atoms with Gasteiger partial charge in [0.25, 0.3) is 10.1 Å². The minimum atomic E-state index is -3.89. The molecular formula is C24H30FNO5S. The standard InChI is InChI=1S/C24H30FNO5S/c1-24(2,3)30-23(27)26-15-9-14-20(26)22(31-32(4,28)29)21(17-10-6-5-7-11-17)18-12-8-13-19(25)16-18/h5-8,10-13,16,20-22H,9,14-15H2,1-4H3/t20-,21-,22+/m1/s1. The lowest BCUT2D eigenvalue weighted by molar-refractivity contribution is 0.00791. The van der Waals surface area contributed by atoms with Crippen molar-refractivity contribution in [2.24, 2.45) is 0 Å². The molecule has 0 saturated carbocycles. The highest BCUT2D eigenvalue weighted by Crippen LogP contribution is 2.37. The van der Waals surface area contributed by atoms with Crippen LogP contribution in [0.1, 0.15) is 50.7 Å². The van der Waals surface area contributed by atoms with Crippen LogP contribution >= 0.6 is 0 Å². The second-order valence-corrected chi connectivity index (χ2v) is 10.7. The molecule has 6 nitrogen and oxygen atoms in total. The van der Waals surface area contributed by atoms with E-state index in [2.05, 4.69) is 0 Å². The number of halogens is 1. The molecule has 174 valence electrons. The largest absolute Gasteiger partial charge is 0.444 e. The molecular weight excluding hydrogens is 433 g/mol. The molecule has 1 aliphatic heterocycles. The van der Waals surface area contributed by atoms with Gasteiger partial charge in [0.05, 0.1) is 12.3 Å². The van der Waals surface area contributed by atoms with Gasteiger partial charge in [-0.2, -0.15) is 8.42 Å². The van der Waals surface area contributed by atoms with Crippen molar-refractivity contribution in [3.05, 3.63) is 71.5 Å². The fraction of sp³-hybridized carbons (Fsp3) is 0.458. The number of benzene rings is 2. The average Bonchev–Trinajstić information content (AvgIpc) is 3.16. The maximum Gasteiger partial charge on any atom is 0.410 e. The number of carbonyl (C=O) groups is 1. The molecule has 2 aromatic rings. The van der Waals surface area contributed by atoms with Crippen LogP contribution < -0.4 is 0 Å². The van der Waals surface area contributed by atoms with Gasteiger partial charge < -0.3 is 9.64 Å². The lowest BCUT2D eigenvalue weighted by atomic mass is 9.83. The summed E-state index contributed by atoms with van der Waals surface area (Å²) in [6.45, 7) is 5.76. The normalized spacial score (nSPS) is 18.9. The number of hydrogen-bond acceptors (Lipinski definition) is 5. The van der Waals surface area contributed by atoms with Gasteiger partial charge in [-0.1, -0.05) is 42.5 Å². The summed E-state index contributed by atoms with van der Waals surface area (Å²) in [5.41, 5.74) is 0.641. The molecule has 3 rings (SSSR count). The van der Waals surface area contributed by atoms with Crippen molar-refractivity contribution in [2.75, 3.05) is 12.8 Å². The minimum Gasteiger partial charge on any atom is -0.444 e. The molecule has 1 aliphatic rings. The molecule has 2 aromatic carbocycles. The number of amides is 1. The van der Waals surface area contributed by atoms with Crippen molar-refractivity contribution in [1.82, 2.24) is 4.90 Å². The predicted octanol–water partition coefficient (Wildman–Crippen LogP) is 4.70. The molecule has 0 aliphatic carbocycles. The first-order chi connectivity index (χ1) is 14.9. The molecule has 1 fully saturated rings. The van der Waals surface area contributed by atoms with Crippen LogP contribution in [0.25, 0.3) is 0 Å². The average molecular weight is 464 g/mol. The molecule has 3 atom stereocenters. The fourth-order valence-electron chi connectivity index (χ4n) is 4.16. The highest BCUT2D eigenvalue weighted by Gasteiger charge is 2.43. The van der Waals surface area contributed by atoms with Crippen molar-refractivity contribution >= 4 is 16.2 Å². The van der Waals surface area contributed by atoms with Gasteiger partial charge in [0.2, 0.25) is 0 Å². The number of rotatable bonds is 6. The molecule has 32 heavy (non-hydrogen) atoms. The van der Waals surface area contributed by atoms with Crippen molar-refractivity contribution < 1.29 is 26.5 Å². The van der Waals surface area contributed by atoms with Gasteiger partial charge >= 0.3 is 6.09 Å². The van der Waals surface area contributed by atoms with Crippen LogP contribution in [-0.2, 0) is 19.0 Å². The van der Waals surface area contributed by atoms with Crippen LogP contribution in [0, 0.1) is 5.82 Å². The smallest absolute Gasteiger partial charge is 0.410 e. The van der Waals surface area contributed by atoms with Crippen molar-refractivity contribution in [2.45, 2.75) is 57.3 Å². The summed E-state index contributed by atoms with van der Waals surface area (Å²) in [6, 6.07) is 14.7. The first kappa shape index (κ1) is 24.2. The highest BCUT2D eigenvalue weighted by atomic mass is 32.2. The summed E-state index contributed by atoms with van der Waals surface area (Å²) < 4.78 is 50.0. The maximum absolute atomic E-state index is 14.2. The van der Waals surface area contributed by atoms with Gasteiger partial charge in [0.1, 0.15) is 17.5 Å². The Hall–Kier alpha value is -2.45. The van der Waals surface area contributed by atoms with Gasteiger partial charge in [-0.3, -0.25) is 4.18 Å². The van der Waals surface area contributed by atoms with E-state index in [4.69, 9.17) is 8.92 Å². The first-order valence-electron chi connectivity index (χ1n) is 10.6. The highest BCUT2D eigenvalue weighted by molar-refractivity contribution is 7.86. The molecule has 0 radical (unpaired) electrons. The van der Waals surface area contributed by atoms with E-state index in [9.17, 15) is 17.6 Å². The van der Waals surface area contributed by atoms with E-state index in [1.165, 1.54) is 17.0 Å². The Kier molecular flexibility index (Phi) is 7.25. The summed E-state index contributed by atoms with van der Waals surface area (Å²) >= 11 is 0. The monoisotopic (exact) mass is 463 g/mol. The summed E-state index contributed by atoms with van der Waals surface area (Å²) in [5, 5.41) is 0. The SMILES string of the molecule is CC(C)(C)OC(=O)N1CCC[C@@H]1[C@H](OS(C)(=O)=O)[C@H](c1ccccc1)c1cccc(F)c1. The Balaban J connectivity index is 2.09. The summed E-state index contributed by atoms with van der Waals surface area (Å²) in [4.78, 5) is 14.5. The second kappa shape index (κ2) is 9.58. The quantitative estimate of drug-likeness (QED) is 0.581. The summed E-state index contributed by atoms with van der Waals surface area (Å²) in [6.07, 6.45) is 0.730.